The molecule has 1 heterocycles. The molecule has 1 aliphatic heterocycles. The number of amides is 1. The minimum absolute atomic E-state index is 0.111. The summed E-state index contributed by atoms with van der Waals surface area (Å²) in [4.78, 5) is 15.2. The number of hydrogen-bond acceptors (Lipinski definition) is 2. The molecule has 0 unspecified atom stereocenters. The molecular formula is C19H30N2O. The SMILES string of the molecule is C[C@H](CC(C)(C)C(=O)Nc1ccccc1)N1CCCCCC1. The van der Waals surface area contributed by atoms with Crippen LogP contribution in [0.3, 0.4) is 0 Å². The van der Waals surface area contributed by atoms with Crippen LogP contribution in [0.25, 0.3) is 0 Å². The van der Waals surface area contributed by atoms with Gasteiger partial charge in [0.1, 0.15) is 0 Å². The summed E-state index contributed by atoms with van der Waals surface area (Å²) in [5, 5.41) is 3.05. The van der Waals surface area contributed by atoms with E-state index in [0.717, 1.165) is 12.1 Å². The number of nitrogens with zero attached hydrogens (tertiary/aromatic N) is 1. The lowest BCUT2D eigenvalue weighted by molar-refractivity contribution is -0.125. The Morgan fingerprint density at radius 2 is 1.73 bits per heavy atom. The summed E-state index contributed by atoms with van der Waals surface area (Å²) in [6.45, 7) is 8.73. The molecule has 3 nitrogen and oxygen atoms in total. The second-order valence-electron chi connectivity index (χ2n) is 7.21. The van der Waals surface area contributed by atoms with E-state index in [1.54, 1.807) is 0 Å². The van der Waals surface area contributed by atoms with E-state index in [1.165, 1.54) is 38.8 Å². The number of likely N-dealkylation sites (tertiary alicyclic amines) is 1. The first-order chi connectivity index (χ1) is 10.5. The van der Waals surface area contributed by atoms with Gasteiger partial charge in [-0.3, -0.25) is 4.79 Å². The third-order valence-electron chi connectivity index (χ3n) is 4.72. The van der Waals surface area contributed by atoms with Gasteiger partial charge in [0.05, 0.1) is 0 Å². The maximum atomic E-state index is 12.6. The molecule has 1 fully saturated rings. The fourth-order valence-electron chi connectivity index (χ4n) is 3.32. The van der Waals surface area contributed by atoms with E-state index in [4.69, 9.17) is 0 Å². The van der Waals surface area contributed by atoms with Crippen LogP contribution in [-0.2, 0) is 4.79 Å². The maximum absolute atomic E-state index is 12.6. The van der Waals surface area contributed by atoms with E-state index in [2.05, 4.69) is 31.0 Å². The lowest BCUT2D eigenvalue weighted by atomic mass is 9.84. The van der Waals surface area contributed by atoms with Crippen LogP contribution in [0, 0.1) is 5.41 Å². The number of carbonyl (C=O) groups excluding carboxylic acids is 1. The normalized spacial score (nSPS) is 18.5. The van der Waals surface area contributed by atoms with Crippen LogP contribution in [0.5, 0.6) is 0 Å². The van der Waals surface area contributed by atoms with Gasteiger partial charge < -0.3 is 10.2 Å². The average Bonchev–Trinajstić information content (AvgIpc) is 2.77. The monoisotopic (exact) mass is 302 g/mol. The molecule has 3 heteroatoms. The smallest absolute Gasteiger partial charge is 0.230 e. The number of para-hydroxylation sites is 1. The molecule has 0 bridgehead atoms. The zero-order chi connectivity index (χ0) is 16.0. The highest BCUT2D eigenvalue weighted by Gasteiger charge is 2.31. The van der Waals surface area contributed by atoms with Crippen molar-refractivity contribution in [3.05, 3.63) is 30.3 Å². The van der Waals surface area contributed by atoms with Crippen molar-refractivity contribution >= 4 is 11.6 Å². The first kappa shape index (κ1) is 17.0. The number of anilines is 1. The highest BCUT2D eigenvalue weighted by Crippen LogP contribution is 2.27. The van der Waals surface area contributed by atoms with Crippen molar-refractivity contribution in [2.24, 2.45) is 5.41 Å². The van der Waals surface area contributed by atoms with Crippen molar-refractivity contribution in [2.75, 3.05) is 18.4 Å². The van der Waals surface area contributed by atoms with E-state index in [-0.39, 0.29) is 11.3 Å². The Morgan fingerprint density at radius 3 is 2.32 bits per heavy atom. The summed E-state index contributed by atoms with van der Waals surface area (Å²) >= 11 is 0. The van der Waals surface area contributed by atoms with Crippen LogP contribution >= 0.6 is 0 Å². The zero-order valence-electron chi connectivity index (χ0n) is 14.3. The molecule has 1 atom stereocenters. The summed E-state index contributed by atoms with van der Waals surface area (Å²) in [5.41, 5.74) is 0.518. The predicted octanol–water partition coefficient (Wildman–Crippen LogP) is 4.31. The van der Waals surface area contributed by atoms with Gasteiger partial charge in [0.2, 0.25) is 5.91 Å². The molecule has 1 aliphatic rings. The molecule has 1 aromatic rings. The van der Waals surface area contributed by atoms with Crippen molar-refractivity contribution in [2.45, 2.75) is 58.9 Å². The number of carbonyl (C=O) groups is 1. The first-order valence-corrected chi connectivity index (χ1v) is 8.59. The highest BCUT2D eigenvalue weighted by atomic mass is 16.2. The average molecular weight is 302 g/mol. The topological polar surface area (TPSA) is 32.3 Å². The Bertz CT molecular complexity index is 462. The summed E-state index contributed by atoms with van der Waals surface area (Å²) in [7, 11) is 0. The standard InChI is InChI=1S/C19H30N2O/c1-16(21-13-9-4-5-10-14-21)15-19(2,3)18(22)20-17-11-7-6-8-12-17/h6-8,11-12,16H,4-5,9-10,13-15H2,1-3H3,(H,20,22)/t16-/m1/s1. The van der Waals surface area contributed by atoms with Crippen LogP contribution in [0.15, 0.2) is 30.3 Å². The van der Waals surface area contributed by atoms with Gasteiger partial charge in [0.15, 0.2) is 0 Å². The molecule has 122 valence electrons. The first-order valence-electron chi connectivity index (χ1n) is 8.59. The Hall–Kier alpha value is -1.35. The number of nitrogens with one attached hydrogen (secondary N) is 1. The van der Waals surface area contributed by atoms with Gasteiger partial charge in [-0.1, -0.05) is 44.9 Å². The summed E-state index contributed by atoms with van der Waals surface area (Å²) in [6, 6.07) is 10.2. The molecular weight excluding hydrogens is 272 g/mol. The van der Waals surface area contributed by atoms with Gasteiger partial charge in [0, 0.05) is 17.1 Å². The molecule has 0 spiro atoms. The van der Waals surface area contributed by atoms with Gasteiger partial charge in [0.25, 0.3) is 0 Å². The molecule has 1 amide bonds. The number of hydrogen-bond donors (Lipinski definition) is 1. The van der Waals surface area contributed by atoms with E-state index in [0.29, 0.717) is 6.04 Å². The molecule has 22 heavy (non-hydrogen) atoms. The Morgan fingerprint density at radius 1 is 1.14 bits per heavy atom. The zero-order valence-corrected chi connectivity index (χ0v) is 14.3. The maximum Gasteiger partial charge on any atom is 0.230 e. The van der Waals surface area contributed by atoms with Crippen molar-refractivity contribution in [1.29, 1.82) is 0 Å². The second kappa shape index (κ2) is 7.77. The summed E-state index contributed by atoms with van der Waals surface area (Å²) < 4.78 is 0. The predicted molar refractivity (Wildman–Crippen MR) is 93.0 cm³/mol. The van der Waals surface area contributed by atoms with Gasteiger partial charge in [-0.2, -0.15) is 0 Å². The van der Waals surface area contributed by atoms with E-state index in [1.807, 2.05) is 30.3 Å². The fraction of sp³-hybridized carbons (Fsp3) is 0.632. The lowest BCUT2D eigenvalue weighted by Crippen LogP contribution is -2.41. The van der Waals surface area contributed by atoms with E-state index < -0.39 is 0 Å². The third-order valence-corrected chi connectivity index (χ3v) is 4.72. The van der Waals surface area contributed by atoms with Gasteiger partial charge in [-0.25, -0.2) is 0 Å². The molecule has 1 aromatic carbocycles. The molecule has 0 radical (unpaired) electrons. The number of benzene rings is 1. The van der Waals surface area contributed by atoms with Crippen LogP contribution in [0.4, 0.5) is 5.69 Å². The second-order valence-corrected chi connectivity index (χ2v) is 7.21. The molecule has 1 N–H and O–H groups in total. The fourth-order valence-corrected chi connectivity index (χ4v) is 3.32. The Balaban J connectivity index is 1.92. The lowest BCUT2D eigenvalue weighted by Gasteiger charge is -2.33. The van der Waals surface area contributed by atoms with Crippen molar-refractivity contribution in [3.63, 3.8) is 0 Å². The van der Waals surface area contributed by atoms with Crippen molar-refractivity contribution < 1.29 is 4.79 Å². The molecule has 1 saturated heterocycles. The Labute approximate surface area is 135 Å². The van der Waals surface area contributed by atoms with Gasteiger partial charge >= 0.3 is 0 Å². The van der Waals surface area contributed by atoms with Crippen molar-refractivity contribution in [1.82, 2.24) is 4.90 Å². The largest absolute Gasteiger partial charge is 0.326 e. The van der Waals surface area contributed by atoms with Crippen LogP contribution in [-0.4, -0.2) is 29.9 Å². The van der Waals surface area contributed by atoms with Gasteiger partial charge in [-0.15, -0.1) is 0 Å². The van der Waals surface area contributed by atoms with Gasteiger partial charge in [-0.05, 0) is 51.4 Å². The molecule has 0 aromatic heterocycles. The minimum Gasteiger partial charge on any atom is -0.326 e. The van der Waals surface area contributed by atoms with Crippen LogP contribution in [0.2, 0.25) is 0 Å². The quantitative estimate of drug-likeness (QED) is 0.879. The van der Waals surface area contributed by atoms with Crippen LogP contribution < -0.4 is 5.32 Å². The molecule has 0 saturated carbocycles. The molecule has 2 rings (SSSR count). The van der Waals surface area contributed by atoms with Crippen LogP contribution in [0.1, 0.15) is 52.9 Å². The minimum atomic E-state index is -0.360. The highest BCUT2D eigenvalue weighted by molar-refractivity contribution is 5.94. The number of rotatable bonds is 5. The molecule has 0 aliphatic carbocycles. The van der Waals surface area contributed by atoms with E-state index in [9.17, 15) is 4.79 Å². The Kier molecular flexibility index (Phi) is 6.01. The van der Waals surface area contributed by atoms with E-state index >= 15 is 0 Å². The third kappa shape index (κ3) is 4.84. The summed E-state index contributed by atoms with van der Waals surface area (Å²) in [6.07, 6.45) is 6.18. The van der Waals surface area contributed by atoms with Crippen molar-refractivity contribution in [3.8, 4) is 0 Å². The summed E-state index contributed by atoms with van der Waals surface area (Å²) in [5.74, 6) is 0.111.